The summed E-state index contributed by atoms with van der Waals surface area (Å²) in [6, 6.07) is 17.6. The number of amides is 1. The molecule has 0 bridgehead atoms. The molecule has 0 radical (unpaired) electrons. The van der Waals surface area contributed by atoms with E-state index in [1.807, 2.05) is 0 Å². The number of carbonyl (C=O) groups excluding carboxylic acids is 1. The maximum Gasteiger partial charge on any atom is 0.416 e. The molecule has 0 aromatic heterocycles. The smallest absolute Gasteiger partial charge is 0.416 e. The van der Waals surface area contributed by atoms with Crippen LogP contribution >= 0.6 is 0 Å². The van der Waals surface area contributed by atoms with E-state index in [9.17, 15) is 31.5 Å². The van der Waals surface area contributed by atoms with Gasteiger partial charge in [0.1, 0.15) is 18.5 Å². The number of rotatable bonds is 9. The minimum Gasteiger partial charge on any atom is -0.491 e. The predicted molar refractivity (Wildman–Crippen MR) is 119 cm³/mol. The number of benzene rings is 3. The number of para-hydroxylation sites is 1. The molecule has 7 nitrogen and oxygen atoms in total. The number of alkyl halides is 3. The molecule has 3 aromatic carbocycles. The molecule has 3 aromatic rings. The summed E-state index contributed by atoms with van der Waals surface area (Å²) in [5.74, 6) is -0.409. The largest absolute Gasteiger partial charge is 0.491 e. The lowest BCUT2D eigenvalue weighted by molar-refractivity contribution is -0.137. The molecule has 0 aliphatic carbocycles. The minimum absolute atomic E-state index is 0.0297. The molecule has 0 saturated carbocycles. The van der Waals surface area contributed by atoms with E-state index in [-0.39, 0.29) is 29.4 Å². The second kappa shape index (κ2) is 10.6. The average Bonchev–Trinajstić information content (AvgIpc) is 2.81. The Morgan fingerprint density at radius 1 is 0.941 bits per heavy atom. The number of aliphatic hydroxyl groups excluding tert-OH is 1. The molecule has 3 rings (SSSR count). The lowest BCUT2D eigenvalue weighted by Crippen LogP contribution is -2.35. The zero-order chi connectivity index (χ0) is 24.8. The second-order valence-corrected chi connectivity index (χ2v) is 8.88. The zero-order valence-electron chi connectivity index (χ0n) is 17.6. The number of anilines is 1. The van der Waals surface area contributed by atoms with Crippen LogP contribution in [-0.4, -0.2) is 38.7 Å². The Balaban J connectivity index is 1.49. The van der Waals surface area contributed by atoms with E-state index in [0.29, 0.717) is 5.69 Å². The van der Waals surface area contributed by atoms with Crippen LogP contribution in [0.5, 0.6) is 5.75 Å². The highest BCUT2D eigenvalue weighted by Gasteiger charge is 2.30. The molecule has 34 heavy (non-hydrogen) atoms. The topological polar surface area (TPSA) is 105 Å². The molecule has 0 fully saturated rings. The van der Waals surface area contributed by atoms with E-state index < -0.39 is 33.8 Å². The predicted octanol–water partition coefficient (Wildman–Crippen LogP) is 3.68. The maximum atomic E-state index is 12.6. The van der Waals surface area contributed by atoms with Crippen molar-refractivity contribution in [3.8, 4) is 5.75 Å². The Hall–Kier alpha value is -3.57. The van der Waals surface area contributed by atoms with E-state index >= 15 is 0 Å². The van der Waals surface area contributed by atoms with Gasteiger partial charge in [-0.25, -0.2) is 8.42 Å². The summed E-state index contributed by atoms with van der Waals surface area (Å²) < 4.78 is 70.2. The fourth-order valence-electron chi connectivity index (χ4n) is 2.81. The molecule has 0 heterocycles. The van der Waals surface area contributed by atoms with Crippen molar-refractivity contribution in [2.24, 2.45) is 0 Å². The number of hydrogen-bond acceptors (Lipinski definition) is 5. The highest BCUT2D eigenvalue weighted by Crippen LogP contribution is 2.30. The number of nitrogens with one attached hydrogen (secondary N) is 2. The molecular weight excluding hydrogens is 473 g/mol. The van der Waals surface area contributed by atoms with Crippen molar-refractivity contribution in [2.75, 3.05) is 17.9 Å². The monoisotopic (exact) mass is 494 g/mol. The van der Waals surface area contributed by atoms with Crippen LogP contribution in [0.1, 0.15) is 15.9 Å². The van der Waals surface area contributed by atoms with Gasteiger partial charge in [-0.1, -0.05) is 18.2 Å². The molecule has 0 aliphatic heterocycles. The zero-order valence-corrected chi connectivity index (χ0v) is 18.4. The lowest BCUT2D eigenvalue weighted by atomic mass is 10.2. The van der Waals surface area contributed by atoms with Gasteiger partial charge < -0.3 is 15.2 Å². The van der Waals surface area contributed by atoms with Gasteiger partial charge in [-0.2, -0.15) is 13.2 Å². The minimum atomic E-state index is -4.46. The first-order valence-electron chi connectivity index (χ1n) is 9.99. The summed E-state index contributed by atoms with van der Waals surface area (Å²) in [6.07, 6.45) is -5.58. The summed E-state index contributed by atoms with van der Waals surface area (Å²) in [4.78, 5) is 12.2. The molecule has 0 saturated heterocycles. The van der Waals surface area contributed by atoms with Crippen LogP contribution < -0.4 is 14.8 Å². The summed E-state index contributed by atoms with van der Waals surface area (Å²) >= 11 is 0. The fraction of sp³-hybridized carbons (Fsp3) is 0.174. The van der Waals surface area contributed by atoms with Gasteiger partial charge in [-0.3, -0.25) is 9.52 Å². The molecule has 11 heteroatoms. The normalized spacial score (nSPS) is 12.6. The van der Waals surface area contributed by atoms with E-state index in [1.54, 1.807) is 30.3 Å². The number of aliphatic hydroxyl groups is 1. The fourth-order valence-corrected chi connectivity index (χ4v) is 3.87. The van der Waals surface area contributed by atoms with Crippen molar-refractivity contribution in [3.05, 3.63) is 90.0 Å². The Morgan fingerprint density at radius 3 is 2.15 bits per heavy atom. The molecule has 0 aliphatic rings. The number of carbonyl (C=O) groups is 1. The first kappa shape index (κ1) is 25.1. The molecular formula is C23H21F3N2O5S. The molecule has 3 N–H and O–H groups in total. The second-order valence-electron chi connectivity index (χ2n) is 7.19. The average molecular weight is 494 g/mol. The third-order valence-electron chi connectivity index (χ3n) is 4.58. The van der Waals surface area contributed by atoms with Crippen molar-refractivity contribution in [1.82, 2.24) is 5.32 Å². The van der Waals surface area contributed by atoms with Crippen molar-refractivity contribution >= 4 is 21.6 Å². The van der Waals surface area contributed by atoms with E-state index in [1.165, 1.54) is 24.3 Å². The number of halogens is 3. The third-order valence-corrected chi connectivity index (χ3v) is 5.97. The van der Waals surface area contributed by atoms with Gasteiger partial charge >= 0.3 is 6.18 Å². The number of ether oxygens (including phenoxy) is 1. The van der Waals surface area contributed by atoms with Crippen LogP contribution in [0.25, 0.3) is 0 Å². The van der Waals surface area contributed by atoms with E-state index in [2.05, 4.69) is 10.0 Å². The Kier molecular flexibility index (Phi) is 7.79. The van der Waals surface area contributed by atoms with Gasteiger partial charge in [0.2, 0.25) is 0 Å². The first-order chi connectivity index (χ1) is 16.0. The van der Waals surface area contributed by atoms with Crippen LogP contribution in [0.2, 0.25) is 0 Å². The number of sulfonamides is 1. The van der Waals surface area contributed by atoms with Gasteiger partial charge in [0, 0.05) is 17.8 Å². The van der Waals surface area contributed by atoms with E-state index in [0.717, 1.165) is 24.3 Å². The molecule has 0 spiro atoms. The first-order valence-corrected chi connectivity index (χ1v) is 11.5. The SMILES string of the molecule is O=C(NCC(O)COc1ccc(C(F)(F)F)cc1)c1ccc(S(=O)(=O)Nc2ccccc2)cc1. The molecule has 1 unspecified atom stereocenters. The van der Waals surface area contributed by atoms with Crippen LogP contribution in [0, 0.1) is 0 Å². The highest BCUT2D eigenvalue weighted by molar-refractivity contribution is 7.92. The van der Waals surface area contributed by atoms with Crippen molar-refractivity contribution in [1.29, 1.82) is 0 Å². The summed E-state index contributed by atoms with van der Waals surface area (Å²) in [5, 5.41) is 12.5. The third kappa shape index (κ3) is 6.96. The van der Waals surface area contributed by atoms with Crippen LogP contribution in [0.3, 0.4) is 0 Å². The van der Waals surface area contributed by atoms with Gasteiger partial charge in [0.05, 0.1) is 10.5 Å². The maximum absolute atomic E-state index is 12.6. The summed E-state index contributed by atoms with van der Waals surface area (Å²) in [7, 11) is -3.83. The Bertz CT molecular complexity index is 1200. The molecule has 180 valence electrons. The Labute approximate surface area is 194 Å². The lowest BCUT2D eigenvalue weighted by Gasteiger charge is -2.14. The van der Waals surface area contributed by atoms with Gasteiger partial charge in [0.15, 0.2) is 0 Å². The summed E-state index contributed by atoms with van der Waals surface area (Å²) in [6.45, 7) is -0.441. The van der Waals surface area contributed by atoms with Gasteiger partial charge in [-0.05, 0) is 60.7 Å². The van der Waals surface area contributed by atoms with Gasteiger partial charge in [-0.15, -0.1) is 0 Å². The van der Waals surface area contributed by atoms with Crippen LogP contribution in [-0.2, 0) is 16.2 Å². The van der Waals surface area contributed by atoms with Crippen molar-refractivity contribution < 1.29 is 36.2 Å². The van der Waals surface area contributed by atoms with Gasteiger partial charge in [0.25, 0.3) is 15.9 Å². The quantitative estimate of drug-likeness (QED) is 0.421. The Morgan fingerprint density at radius 2 is 1.56 bits per heavy atom. The van der Waals surface area contributed by atoms with Crippen molar-refractivity contribution in [2.45, 2.75) is 17.2 Å². The van der Waals surface area contributed by atoms with Crippen LogP contribution in [0.15, 0.2) is 83.8 Å². The summed E-state index contributed by atoms with van der Waals surface area (Å²) in [5.41, 5.74) is -0.242. The van der Waals surface area contributed by atoms with E-state index in [4.69, 9.17) is 4.74 Å². The standard InChI is InChI=1S/C23H21F3N2O5S/c24-23(25,26)17-8-10-20(11-9-17)33-15-19(29)14-27-22(30)16-6-12-21(13-7-16)34(31,32)28-18-4-2-1-3-5-18/h1-13,19,28-29H,14-15H2,(H,27,30). The number of hydrogen-bond donors (Lipinski definition) is 3. The highest BCUT2D eigenvalue weighted by atomic mass is 32.2. The van der Waals surface area contributed by atoms with Crippen molar-refractivity contribution in [3.63, 3.8) is 0 Å². The molecule has 1 amide bonds. The van der Waals surface area contributed by atoms with Crippen LogP contribution in [0.4, 0.5) is 18.9 Å². The molecule has 1 atom stereocenters.